The van der Waals surface area contributed by atoms with E-state index in [-0.39, 0.29) is 29.1 Å². The summed E-state index contributed by atoms with van der Waals surface area (Å²) in [5, 5.41) is 14.7. The smallest absolute Gasteiger partial charge is 0.272 e. The Balaban J connectivity index is 0.00000162. The number of nitrogens with two attached hydrogens (primary N) is 1. The van der Waals surface area contributed by atoms with Crippen LogP contribution in [0.5, 0.6) is 0 Å². The molecule has 4 nitrogen and oxygen atoms in total. The van der Waals surface area contributed by atoms with Gasteiger partial charge in [-0.3, -0.25) is 10.1 Å². The molecule has 0 unspecified atom stereocenters. The Bertz CT molecular complexity index is 543. The predicted octanol–water partition coefficient (Wildman–Crippen LogP) is 3.43. The molecule has 0 saturated carbocycles. The summed E-state index contributed by atoms with van der Waals surface area (Å²) in [6, 6.07) is 6.75. The highest BCUT2D eigenvalue weighted by atomic mass is 35.5. The topological polar surface area (TPSA) is 69.2 Å². The van der Waals surface area contributed by atoms with Crippen molar-refractivity contribution in [3.05, 3.63) is 61.8 Å². The molecular formula is C12H13ClN2O2S. The lowest BCUT2D eigenvalue weighted by molar-refractivity contribution is -0.385. The molecular weight excluding hydrogens is 272 g/mol. The van der Waals surface area contributed by atoms with Gasteiger partial charge in [0.15, 0.2) is 0 Å². The summed E-state index contributed by atoms with van der Waals surface area (Å²) in [7, 11) is 0. The molecule has 2 aromatic rings. The SMILES string of the molecule is Cc1ccc([C@H](N)c2ccsc2)cc1[N+](=O)[O-].Cl. The number of aryl methyl sites for hydroxylation is 1. The van der Waals surface area contributed by atoms with Crippen molar-refractivity contribution in [1.29, 1.82) is 0 Å². The zero-order valence-corrected chi connectivity index (χ0v) is 11.3. The van der Waals surface area contributed by atoms with Crippen molar-refractivity contribution >= 4 is 29.4 Å². The average molecular weight is 285 g/mol. The van der Waals surface area contributed by atoms with Crippen LogP contribution < -0.4 is 5.73 Å². The minimum atomic E-state index is -0.376. The summed E-state index contributed by atoms with van der Waals surface area (Å²) in [5.41, 5.74) is 8.58. The van der Waals surface area contributed by atoms with E-state index in [0.29, 0.717) is 5.56 Å². The van der Waals surface area contributed by atoms with E-state index in [4.69, 9.17) is 5.73 Å². The molecule has 1 aromatic heterocycles. The molecule has 0 aliphatic rings. The van der Waals surface area contributed by atoms with E-state index in [0.717, 1.165) is 11.1 Å². The monoisotopic (exact) mass is 284 g/mol. The van der Waals surface area contributed by atoms with E-state index in [1.165, 1.54) is 0 Å². The maximum absolute atomic E-state index is 10.8. The fraction of sp³-hybridized carbons (Fsp3) is 0.167. The number of rotatable bonds is 3. The molecule has 0 aliphatic heterocycles. The molecule has 18 heavy (non-hydrogen) atoms. The molecule has 0 aliphatic carbocycles. The van der Waals surface area contributed by atoms with Crippen molar-refractivity contribution in [3.8, 4) is 0 Å². The molecule has 0 radical (unpaired) electrons. The Hall–Kier alpha value is -1.43. The van der Waals surface area contributed by atoms with Gasteiger partial charge in [0.2, 0.25) is 0 Å². The molecule has 1 heterocycles. The van der Waals surface area contributed by atoms with Gasteiger partial charge in [0.05, 0.1) is 11.0 Å². The predicted molar refractivity (Wildman–Crippen MR) is 75.4 cm³/mol. The van der Waals surface area contributed by atoms with Crippen LogP contribution >= 0.6 is 23.7 Å². The van der Waals surface area contributed by atoms with Crippen LogP contribution in [0.4, 0.5) is 5.69 Å². The summed E-state index contributed by atoms with van der Waals surface area (Å²) in [4.78, 5) is 10.5. The second-order valence-corrected chi connectivity index (χ2v) is 4.62. The molecule has 1 atom stereocenters. The van der Waals surface area contributed by atoms with Crippen LogP contribution in [-0.2, 0) is 0 Å². The minimum absolute atomic E-state index is 0. The molecule has 6 heteroatoms. The second kappa shape index (κ2) is 5.95. The first-order valence-corrected chi connectivity index (χ1v) is 6.06. The van der Waals surface area contributed by atoms with Crippen molar-refractivity contribution in [2.24, 2.45) is 5.73 Å². The van der Waals surface area contributed by atoms with Gasteiger partial charge in [0, 0.05) is 11.6 Å². The third-order valence-electron chi connectivity index (χ3n) is 2.69. The van der Waals surface area contributed by atoms with Crippen LogP contribution in [0.2, 0.25) is 0 Å². The van der Waals surface area contributed by atoms with Crippen LogP contribution in [0.1, 0.15) is 22.7 Å². The summed E-state index contributed by atoms with van der Waals surface area (Å²) in [5.74, 6) is 0. The van der Waals surface area contributed by atoms with Crippen LogP contribution in [-0.4, -0.2) is 4.92 Å². The van der Waals surface area contributed by atoms with E-state index >= 15 is 0 Å². The second-order valence-electron chi connectivity index (χ2n) is 3.84. The molecule has 0 fully saturated rings. The number of thiophene rings is 1. The number of hydrogen-bond donors (Lipinski definition) is 1. The van der Waals surface area contributed by atoms with E-state index in [2.05, 4.69) is 0 Å². The lowest BCUT2D eigenvalue weighted by Gasteiger charge is -2.10. The van der Waals surface area contributed by atoms with Crippen LogP contribution in [0.3, 0.4) is 0 Å². The van der Waals surface area contributed by atoms with Crippen LogP contribution in [0.25, 0.3) is 0 Å². The first-order valence-electron chi connectivity index (χ1n) is 5.12. The largest absolute Gasteiger partial charge is 0.320 e. The lowest BCUT2D eigenvalue weighted by atomic mass is 10.00. The highest BCUT2D eigenvalue weighted by Gasteiger charge is 2.15. The van der Waals surface area contributed by atoms with Gasteiger partial charge in [-0.2, -0.15) is 11.3 Å². The Labute approximate surface area is 115 Å². The highest BCUT2D eigenvalue weighted by molar-refractivity contribution is 7.08. The number of nitrogens with zero attached hydrogens (tertiary/aromatic N) is 1. The van der Waals surface area contributed by atoms with Gasteiger partial charge in [-0.1, -0.05) is 12.1 Å². The molecule has 0 amide bonds. The van der Waals surface area contributed by atoms with Gasteiger partial charge in [-0.15, -0.1) is 12.4 Å². The first-order chi connectivity index (χ1) is 8.09. The molecule has 0 spiro atoms. The molecule has 1 aromatic carbocycles. The summed E-state index contributed by atoms with van der Waals surface area (Å²) in [6.07, 6.45) is 0. The van der Waals surface area contributed by atoms with E-state index in [1.807, 2.05) is 22.9 Å². The average Bonchev–Trinajstić information content (AvgIpc) is 2.81. The zero-order chi connectivity index (χ0) is 12.4. The normalized spacial score (nSPS) is 11.7. The van der Waals surface area contributed by atoms with Crippen molar-refractivity contribution in [2.75, 3.05) is 0 Å². The van der Waals surface area contributed by atoms with Crippen molar-refractivity contribution < 1.29 is 4.92 Å². The minimum Gasteiger partial charge on any atom is -0.320 e. The first kappa shape index (κ1) is 14.6. The summed E-state index contributed by atoms with van der Waals surface area (Å²) >= 11 is 1.56. The number of benzene rings is 1. The molecule has 0 bridgehead atoms. The number of halogens is 1. The van der Waals surface area contributed by atoms with Gasteiger partial charge in [0.1, 0.15) is 0 Å². The third-order valence-corrected chi connectivity index (χ3v) is 3.39. The van der Waals surface area contributed by atoms with Crippen molar-refractivity contribution in [2.45, 2.75) is 13.0 Å². The quantitative estimate of drug-likeness (QED) is 0.693. The molecule has 96 valence electrons. The fourth-order valence-electron chi connectivity index (χ4n) is 1.66. The standard InChI is InChI=1S/C12H12N2O2S.ClH/c1-8-2-3-9(6-11(8)14(15)16)12(13)10-4-5-17-7-10;/h2-7,12H,13H2,1H3;1H/t12-;/m0./s1. The van der Waals surface area contributed by atoms with Gasteiger partial charge in [-0.25, -0.2) is 0 Å². The van der Waals surface area contributed by atoms with Crippen molar-refractivity contribution in [1.82, 2.24) is 0 Å². The van der Waals surface area contributed by atoms with Crippen LogP contribution in [0.15, 0.2) is 35.0 Å². The fourth-order valence-corrected chi connectivity index (χ4v) is 2.36. The van der Waals surface area contributed by atoms with Gasteiger partial charge in [0.25, 0.3) is 5.69 Å². The maximum atomic E-state index is 10.8. The number of nitro groups is 1. The van der Waals surface area contributed by atoms with Gasteiger partial charge < -0.3 is 5.73 Å². The highest BCUT2D eigenvalue weighted by Crippen LogP contribution is 2.26. The number of nitro benzene ring substituents is 1. The van der Waals surface area contributed by atoms with E-state index in [1.54, 1.807) is 30.4 Å². The van der Waals surface area contributed by atoms with E-state index < -0.39 is 0 Å². The Morgan fingerprint density at radius 3 is 2.61 bits per heavy atom. The molecule has 0 saturated heterocycles. The lowest BCUT2D eigenvalue weighted by Crippen LogP contribution is -2.11. The Morgan fingerprint density at radius 1 is 1.33 bits per heavy atom. The van der Waals surface area contributed by atoms with E-state index in [9.17, 15) is 10.1 Å². The zero-order valence-electron chi connectivity index (χ0n) is 9.70. The summed E-state index contributed by atoms with van der Waals surface area (Å²) < 4.78 is 0. The number of hydrogen-bond acceptors (Lipinski definition) is 4. The maximum Gasteiger partial charge on any atom is 0.272 e. The Kier molecular flexibility index (Phi) is 4.84. The molecule has 2 rings (SSSR count). The van der Waals surface area contributed by atoms with Crippen molar-refractivity contribution in [3.63, 3.8) is 0 Å². The van der Waals surface area contributed by atoms with Gasteiger partial charge >= 0.3 is 0 Å². The Morgan fingerprint density at radius 2 is 2.06 bits per heavy atom. The third kappa shape index (κ3) is 2.87. The molecule has 2 N–H and O–H groups in total. The van der Waals surface area contributed by atoms with Crippen LogP contribution in [0, 0.1) is 17.0 Å². The summed E-state index contributed by atoms with van der Waals surface area (Å²) in [6.45, 7) is 1.72. The van der Waals surface area contributed by atoms with Gasteiger partial charge in [-0.05, 0) is 34.9 Å².